The van der Waals surface area contributed by atoms with Crippen molar-refractivity contribution in [3.05, 3.63) is 113 Å². The Kier molecular flexibility index (Phi) is 7.70. The van der Waals surface area contributed by atoms with Gasteiger partial charge in [0.05, 0.1) is 36.2 Å². The lowest BCUT2D eigenvalue weighted by molar-refractivity contribution is -0.121. The summed E-state index contributed by atoms with van der Waals surface area (Å²) in [4.78, 5) is 15.9. The number of nitrogens with one attached hydrogen (secondary N) is 1. The molecule has 0 saturated carbocycles. The summed E-state index contributed by atoms with van der Waals surface area (Å²) in [5.74, 6) is -0.508. The van der Waals surface area contributed by atoms with Crippen molar-refractivity contribution in [2.24, 2.45) is 7.05 Å². The van der Waals surface area contributed by atoms with E-state index in [9.17, 15) is 13.6 Å². The molecule has 0 aliphatic carbocycles. The Morgan fingerprint density at radius 1 is 1.05 bits per heavy atom. The average molecular weight is 585 g/mol. The van der Waals surface area contributed by atoms with E-state index < -0.39 is 11.6 Å². The van der Waals surface area contributed by atoms with Gasteiger partial charge in [0.25, 0.3) is 0 Å². The number of carbonyl (C=O) groups excluding carboxylic acids is 1. The van der Waals surface area contributed by atoms with Crippen molar-refractivity contribution in [3.8, 4) is 16.9 Å². The molecule has 3 aromatic heterocycles. The van der Waals surface area contributed by atoms with E-state index >= 15 is 0 Å². The minimum absolute atomic E-state index is 0.0889. The number of likely N-dealkylation sites (tertiary alicyclic amines) is 1. The molecule has 0 bridgehead atoms. The number of nitrogens with zero attached hydrogens (tertiary/aromatic N) is 5. The molecule has 5 aromatic rings. The second-order valence-electron chi connectivity index (χ2n) is 11.3. The number of benzene rings is 2. The maximum Gasteiger partial charge on any atom is 0.226 e. The fourth-order valence-corrected chi connectivity index (χ4v) is 5.94. The third-order valence-corrected chi connectivity index (χ3v) is 8.26. The predicted octanol–water partition coefficient (Wildman–Crippen LogP) is 5.40. The number of aryl methyl sites for hydroxylation is 3. The molecule has 0 unspecified atom stereocenters. The Morgan fingerprint density at radius 2 is 1.84 bits per heavy atom. The molecule has 8 nitrogen and oxygen atoms in total. The van der Waals surface area contributed by atoms with Crippen LogP contribution in [-0.4, -0.2) is 49.5 Å². The fraction of sp³-hybridized carbons (Fsp3) is 0.303. The molecular formula is C33H34F2N6O2. The topological polar surface area (TPSA) is 81.1 Å². The van der Waals surface area contributed by atoms with Crippen molar-refractivity contribution in [2.75, 3.05) is 13.1 Å². The summed E-state index contributed by atoms with van der Waals surface area (Å²) in [5.41, 5.74) is 5.85. The Balaban J connectivity index is 1.28. The molecule has 0 radical (unpaired) electrons. The summed E-state index contributed by atoms with van der Waals surface area (Å²) in [6.45, 7) is 7.54. The standard InChI is InChI=1S/C33H34F2N6O2/c1-20-12-26(43-22(20)3)17-40-18-27(23-10-11-28(34)29(35)13-23)30(19-40)37-32(42)14-31-21(2)33(24-15-36-39(4)16-24)38-41(31)25-8-6-5-7-9-25/h5-13,15-16,27,30H,14,17-19H2,1-4H3,(H,37,42)/t27-,30+/m0/s1. The molecule has 10 heteroatoms. The summed E-state index contributed by atoms with van der Waals surface area (Å²) >= 11 is 0. The van der Waals surface area contributed by atoms with Gasteiger partial charge in [-0.3, -0.25) is 14.4 Å². The molecule has 2 aromatic carbocycles. The van der Waals surface area contributed by atoms with E-state index in [0.717, 1.165) is 51.4 Å². The van der Waals surface area contributed by atoms with E-state index in [-0.39, 0.29) is 24.3 Å². The summed E-state index contributed by atoms with van der Waals surface area (Å²) in [6, 6.07) is 15.4. The summed E-state index contributed by atoms with van der Waals surface area (Å²) in [6.07, 6.45) is 3.75. The number of rotatable bonds is 8. The van der Waals surface area contributed by atoms with Gasteiger partial charge >= 0.3 is 0 Å². The maximum absolute atomic E-state index is 14.3. The summed E-state index contributed by atoms with van der Waals surface area (Å²) < 4.78 is 37.5. The van der Waals surface area contributed by atoms with Crippen LogP contribution in [0.25, 0.3) is 16.9 Å². The number of hydrogen-bond acceptors (Lipinski definition) is 5. The van der Waals surface area contributed by atoms with Crippen LogP contribution in [-0.2, 0) is 24.8 Å². The average Bonchev–Trinajstić information content (AvgIpc) is 3.74. The van der Waals surface area contributed by atoms with Crippen molar-refractivity contribution in [3.63, 3.8) is 0 Å². The van der Waals surface area contributed by atoms with Crippen LogP contribution in [0.5, 0.6) is 0 Å². The molecule has 1 saturated heterocycles. The second kappa shape index (κ2) is 11.6. The molecule has 222 valence electrons. The van der Waals surface area contributed by atoms with Crippen molar-refractivity contribution in [2.45, 2.75) is 45.7 Å². The lowest BCUT2D eigenvalue weighted by Crippen LogP contribution is -2.41. The van der Waals surface area contributed by atoms with E-state index in [1.165, 1.54) is 6.07 Å². The van der Waals surface area contributed by atoms with Crippen molar-refractivity contribution in [1.82, 2.24) is 29.8 Å². The first-order valence-electron chi connectivity index (χ1n) is 14.3. The van der Waals surface area contributed by atoms with Crippen molar-refractivity contribution >= 4 is 5.91 Å². The monoisotopic (exact) mass is 584 g/mol. The Hall–Kier alpha value is -4.57. The largest absolute Gasteiger partial charge is 0.465 e. The van der Waals surface area contributed by atoms with Gasteiger partial charge in [-0.25, -0.2) is 13.5 Å². The lowest BCUT2D eigenvalue weighted by Gasteiger charge is -2.21. The molecule has 1 fully saturated rings. The van der Waals surface area contributed by atoms with Crippen LogP contribution in [0.3, 0.4) is 0 Å². The van der Waals surface area contributed by atoms with Crippen LogP contribution < -0.4 is 5.32 Å². The maximum atomic E-state index is 14.3. The minimum Gasteiger partial charge on any atom is -0.465 e. The number of furan rings is 1. The van der Waals surface area contributed by atoms with Crippen LogP contribution in [0.2, 0.25) is 0 Å². The Labute approximate surface area is 248 Å². The third-order valence-electron chi connectivity index (χ3n) is 8.26. The molecule has 1 aliphatic rings. The van der Waals surface area contributed by atoms with E-state index in [0.29, 0.717) is 25.2 Å². The Morgan fingerprint density at radius 3 is 2.51 bits per heavy atom. The van der Waals surface area contributed by atoms with Gasteiger partial charge in [0.15, 0.2) is 11.6 Å². The van der Waals surface area contributed by atoms with E-state index in [2.05, 4.69) is 15.3 Å². The number of aromatic nitrogens is 4. The molecule has 2 atom stereocenters. The fourth-order valence-electron chi connectivity index (χ4n) is 5.94. The van der Waals surface area contributed by atoms with Crippen LogP contribution in [0.15, 0.2) is 71.4 Å². The normalized spacial score (nSPS) is 17.1. The van der Waals surface area contributed by atoms with Crippen LogP contribution in [0, 0.1) is 32.4 Å². The highest BCUT2D eigenvalue weighted by Crippen LogP contribution is 2.31. The molecule has 1 aliphatic heterocycles. The molecule has 1 N–H and O–H groups in total. The number of halogens is 2. The van der Waals surface area contributed by atoms with Gasteiger partial charge in [0, 0.05) is 43.9 Å². The number of para-hydroxylation sites is 1. The van der Waals surface area contributed by atoms with Crippen molar-refractivity contribution in [1.29, 1.82) is 0 Å². The summed E-state index contributed by atoms with van der Waals surface area (Å²) in [7, 11) is 1.85. The molecule has 4 heterocycles. The van der Waals surface area contributed by atoms with Crippen molar-refractivity contribution < 1.29 is 18.0 Å². The highest BCUT2D eigenvalue weighted by Gasteiger charge is 2.36. The second-order valence-corrected chi connectivity index (χ2v) is 11.3. The van der Waals surface area contributed by atoms with Gasteiger partial charge < -0.3 is 9.73 Å². The van der Waals surface area contributed by atoms with Gasteiger partial charge in [-0.05, 0) is 67.8 Å². The van der Waals surface area contributed by atoms with E-state index in [4.69, 9.17) is 9.52 Å². The van der Waals surface area contributed by atoms with Gasteiger partial charge in [-0.1, -0.05) is 24.3 Å². The number of hydrogen-bond donors (Lipinski definition) is 1. The number of carbonyl (C=O) groups is 1. The zero-order valence-electron chi connectivity index (χ0n) is 24.6. The first kappa shape index (κ1) is 28.5. The molecule has 0 spiro atoms. The van der Waals surface area contributed by atoms with Crippen LogP contribution >= 0.6 is 0 Å². The zero-order valence-corrected chi connectivity index (χ0v) is 24.6. The Bertz CT molecular complexity index is 1750. The molecule has 43 heavy (non-hydrogen) atoms. The third kappa shape index (κ3) is 5.87. The zero-order chi connectivity index (χ0) is 30.2. The first-order chi connectivity index (χ1) is 20.7. The van der Waals surface area contributed by atoms with Gasteiger partial charge in [0.1, 0.15) is 11.5 Å². The summed E-state index contributed by atoms with van der Waals surface area (Å²) in [5, 5.41) is 12.4. The molecule has 6 rings (SSSR count). The van der Waals surface area contributed by atoms with Gasteiger partial charge in [0.2, 0.25) is 5.91 Å². The first-order valence-corrected chi connectivity index (χ1v) is 14.3. The quantitative estimate of drug-likeness (QED) is 0.264. The molecule has 1 amide bonds. The highest BCUT2D eigenvalue weighted by atomic mass is 19.2. The highest BCUT2D eigenvalue weighted by molar-refractivity contribution is 5.80. The smallest absolute Gasteiger partial charge is 0.226 e. The SMILES string of the molecule is Cc1cc(CN2C[C@@H](NC(=O)Cc3c(C)c(-c4cnn(C)c4)nn3-c3ccccc3)[C@H](c3ccc(F)c(F)c3)C2)oc1C. The van der Waals surface area contributed by atoms with E-state index in [1.807, 2.05) is 75.1 Å². The molecular weight excluding hydrogens is 550 g/mol. The number of amides is 1. The van der Waals surface area contributed by atoms with Crippen LogP contribution in [0.4, 0.5) is 8.78 Å². The van der Waals surface area contributed by atoms with Gasteiger partial charge in [-0.15, -0.1) is 0 Å². The predicted molar refractivity (Wildman–Crippen MR) is 159 cm³/mol. The lowest BCUT2D eigenvalue weighted by atomic mass is 9.94. The van der Waals surface area contributed by atoms with E-state index in [1.54, 1.807) is 16.9 Å². The van der Waals surface area contributed by atoms with Gasteiger partial charge in [-0.2, -0.15) is 10.2 Å². The minimum atomic E-state index is -0.899. The van der Waals surface area contributed by atoms with Crippen LogP contribution in [0.1, 0.15) is 39.8 Å².